The van der Waals surface area contributed by atoms with Crippen molar-refractivity contribution < 1.29 is 0 Å². The van der Waals surface area contributed by atoms with E-state index in [9.17, 15) is 0 Å². The second-order valence-electron chi connectivity index (χ2n) is 3.81. The Labute approximate surface area is 93.8 Å². The van der Waals surface area contributed by atoms with Gasteiger partial charge in [0.05, 0.1) is 5.69 Å². The molecule has 0 aliphatic carbocycles. The normalized spacial score (nSPS) is 14.5. The zero-order chi connectivity index (χ0) is 10.8. The van der Waals surface area contributed by atoms with Gasteiger partial charge in [-0.2, -0.15) is 0 Å². The highest BCUT2D eigenvalue weighted by Crippen LogP contribution is 2.15. The Balaban J connectivity index is 2.03. The first-order chi connectivity index (χ1) is 7.93. The van der Waals surface area contributed by atoms with Gasteiger partial charge in [0.15, 0.2) is 5.82 Å². The van der Waals surface area contributed by atoms with Crippen LogP contribution in [-0.2, 0) is 13.0 Å². The molecule has 0 unspecified atom stereocenters. The number of nitrogens with zero attached hydrogens (tertiary/aromatic N) is 3. The van der Waals surface area contributed by atoms with E-state index in [4.69, 9.17) is 0 Å². The van der Waals surface area contributed by atoms with Crippen molar-refractivity contribution in [3.63, 3.8) is 0 Å². The molecule has 0 saturated heterocycles. The van der Waals surface area contributed by atoms with E-state index in [1.165, 1.54) is 5.56 Å². The van der Waals surface area contributed by atoms with Crippen molar-refractivity contribution >= 4 is 0 Å². The molecule has 2 aromatic rings. The van der Waals surface area contributed by atoms with E-state index in [0.29, 0.717) is 0 Å². The van der Waals surface area contributed by atoms with Crippen LogP contribution in [0, 0.1) is 0 Å². The highest BCUT2D eigenvalue weighted by Gasteiger charge is 2.12. The Hall–Kier alpha value is -1.81. The van der Waals surface area contributed by atoms with E-state index >= 15 is 0 Å². The minimum Gasteiger partial charge on any atom is -0.312 e. The zero-order valence-electron chi connectivity index (χ0n) is 8.85. The molecule has 0 spiro atoms. The molecule has 0 bridgehead atoms. The van der Waals surface area contributed by atoms with E-state index in [2.05, 4.69) is 20.3 Å². The van der Waals surface area contributed by atoms with Crippen molar-refractivity contribution in [3.05, 3.63) is 41.9 Å². The maximum atomic E-state index is 4.57. The summed E-state index contributed by atoms with van der Waals surface area (Å²) in [6.07, 6.45) is 4.63. The minimum atomic E-state index is 0.723. The molecule has 1 N–H and O–H groups in total. The van der Waals surface area contributed by atoms with Crippen LogP contribution in [0.4, 0.5) is 0 Å². The summed E-state index contributed by atoms with van der Waals surface area (Å²) in [5.74, 6) is 0.723. The molecule has 0 saturated carbocycles. The first-order valence-electron chi connectivity index (χ1n) is 5.40. The number of hydrogen-bond donors (Lipinski definition) is 1. The largest absolute Gasteiger partial charge is 0.312 e. The third kappa shape index (κ3) is 1.67. The van der Waals surface area contributed by atoms with Crippen molar-refractivity contribution in [2.45, 2.75) is 13.0 Å². The molecule has 0 amide bonds. The predicted molar refractivity (Wildman–Crippen MR) is 60.7 cm³/mol. The zero-order valence-corrected chi connectivity index (χ0v) is 8.85. The van der Waals surface area contributed by atoms with Crippen LogP contribution >= 0.6 is 0 Å². The van der Waals surface area contributed by atoms with E-state index in [0.717, 1.165) is 36.7 Å². The van der Waals surface area contributed by atoms with Gasteiger partial charge in [0, 0.05) is 37.5 Å². The highest BCUT2D eigenvalue weighted by molar-refractivity contribution is 5.48. The maximum absolute atomic E-state index is 4.57. The fourth-order valence-corrected chi connectivity index (χ4v) is 1.85. The van der Waals surface area contributed by atoms with Crippen LogP contribution in [0.3, 0.4) is 0 Å². The van der Waals surface area contributed by atoms with Crippen LogP contribution < -0.4 is 5.32 Å². The number of nitrogens with one attached hydrogen (secondary N) is 1. The molecule has 4 heteroatoms. The molecule has 2 aromatic heterocycles. The summed E-state index contributed by atoms with van der Waals surface area (Å²) in [6, 6.07) is 5.78. The summed E-state index contributed by atoms with van der Waals surface area (Å²) >= 11 is 0. The van der Waals surface area contributed by atoms with Crippen molar-refractivity contribution in [3.8, 4) is 11.5 Å². The Kier molecular flexibility index (Phi) is 2.34. The Morgan fingerprint density at radius 3 is 3.06 bits per heavy atom. The van der Waals surface area contributed by atoms with Crippen LogP contribution in [0.25, 0.3) is 11.5 Å². The van der Waals surface area contributed by atoms with Gasteiger partial charge in [-0.15, -0.1) is 0 Å². The maximum Gasteiger partial charge on any atom is 0.178 e. The van der Waals surface area contributed by atoms with E-state index in [-0.39, 0.29) is 0 Å². The lowest BCUT2D eigenvalue weighted by molar-refractivity contribution is 0.626. The molecule has 0 fully saturated rings. The van der Waals surface area contributed by atoms with Crippen molar-refractivity contribution in [2.24, 2.45) is 0 Å². The third-order valence-corrected chi connectivity index (χ3v) is 2.70. The Morgan fingerprint density at radius 1 is 1.19 bits per heavy atom. The van der Waals surface area contributed by atoms with Crippen molar-refractivity contribution in [1.29, 1.82) is 0 Å². The van der Waals surface area contributed by atoms with E-state index in [1.54, 1.807) is 6.20 Å². The lowest BCUT2D eigenvalue weighted by Crippen LogP contribution is -2.25. The minimum absolute atomic E-state index is 0.723. The average Bonchev–Trinajstić information content (AvgIpc) is 2.39. The number of rotatable bonds is 1. The third-order valence-electron chi connectivity index (χ3n) is 2.70. The first kappa shape index (κ1) is 9.42. The molecular formula is C12H12N4. The summed E-state index contributed by atoms with van der Waals surface area (Å²) in [4.78, 5) is 13.2. The molecule has 3 rings (SSSR count). The number of fused-ring (bicyclic) bond motifs is 1. The van der Waals surface area contributed by atoms with Gasteiger partial charge >= 0.3 is 0 Å². The monoisotopic (exact) mass is 212 g/mol. The lowest BCUT2D eigenvalue weighted by Gasteiger charge is -2.15. The summed E-state index contributed by atoms with van der Waals surface area (Å²) in [5, 5.41) is 3.30. The highest BCUT2D eigenvalue weighted by atomic mass is 15.0. The smallest absolute Gasteiger partial charge is 0.178 e. The molecular weight excluding hydrogens is 200 g/mol. The Morgan fingerprint density at radius 2 is 2.19 bits per heavy atom. The van der Waals surface area contributed by atoms with Gasteiger partial charge in [-0.3, -0.25) is 4.98 Å². The van der Waals surface area contributed by atoms with Crippen LogP contribution in [-0.4, -0.2) is 21.5 Å². The van der Waals surface area contributed by atoms with Crippen LogP contribution in [0.5, 0.6) is 0 Å². The Bertz CT molecular complexity index is 496. The molecule has 80 valence electrons. The van der Waals surface area contributed by atoms with Crippen LogP contribution in [0.1, 0.15) is 11.3 Å². The van der Waals surface area contributed by atoms with Gasteiger partial charge in [0.1, 0.15) is 5.69 Å². The molecule has 0 atom stereocenters. The second-order valence-corrected chi connectivity index (χ2v) is 3.81. The predicted octanol–water partition coefficient (Wildman–Crippen LogP) is 1.18. The molecule has 0 radical (unpaired) electrons. The SMILES string of the molecule is c1ccc(-c2ncc3c(n2)CCNC3)nc1. The summed E-state index contributed by atoms with van der Waals surface area (Å²) < 4.78 is 0. The van der Waals surface area contributed by atoms with Gasteiger partial charge in [-0.25, -0.2) is 9.97 Å². The van der Waals surface area contributed by atoms with Gasteiger partial charge in [0.2, 0.25) is 0 Å². The van der Waals surface area contributed by atoms with Crippen molar-refractivity contribution in [1.82, 2.24) is 20.3 Å². The number of hydrogen-bond acceptors (Lipinski definition) is 4. The molecule has 4 nitrogen and oxygen atoms in total. The molecule has 16 heavy (non-hydrogen) atoms. The van der Waals surface area contributed by atoms with Gasteiger partial charge in [0.25, 0.3) is 0 Å². The molecule has 1 aliphatic heterocycles. The molecule has 0 aromatic carbocycles. The fourth-order valence-electron chi connectivity index (χ4n) is 1.85. The molecule has 3 heterocycles. The van der Waals surface area contributed by atoms with Gasteiger partial charge in [-0.05, 0) is 12.1 Å². The van der Waals surface area contributed by atoms with Crippen molar-refractivity contribution in [2.75, 3.05) is 6.54 Å². The average molecular weight is 212 g/mol. The van der Waals surface area contributed by atoms with E-state index < -0.39 is 0 Å². The van der Waals surface area contributed by atoms with Crippen LogP contribution in [0.15, 0.2) is 30.6 Å². The van der Waals surface area contributed by atoms with E-state index in [1.807, 2.05) is 24.4 Å². The van der Waals surface area contributed by atoms with Crippen LogP contribution in [0.2, 0.25) is 0 Å². The molecule has 1 aliphatic rings. The summed E-state index contributed by atoms with van der Waals surface area (Å²) in [7, 11) is 0. The first-order valence-corrected chi connectivity index (χ1v) is 5.40. The second kappa shape index (κ2) is 3.98. The lowest BCUT2D eigenvalue weighted by atomic mass is 10.1. The standard InChI is InChI=1S/C12H12N4/c1-2-5-14-11(3-1)12-15-8-9-7-13-6-4-10(9)16-12/h1-3,5,8,13H,4,6-7H2. The quantitative estimate of drug-likeness (QED) is 0.771. The topological polar surface area (TPSA) is 50.7 Å². The fraction of sp³-hybridized carbons (Fsp3) is 0.250. The number of aromatic nitrogens is 3. The summed E-state index contributed by atoms with van der Waals surface area (Å²) in [6.45, 7) is 1.86. The summed E-state index contributed by atoms with van der Waals surface area (Å²) in [5.41, 5.74) is 3.18. The number of pyridine rings is 1. The van der Waals surface area contributed by atoms with Gasteiger partial charge < -0.3 is 5.32 Å². The van der Waals surface area contributed by atoms with Gasteiger partial charge in [-0.1, -0.05) is 6.07 Å².